The molecule has 0 bridgehead atoms. The summed E-state index contributed by atoms with van der Waals surface area (Å²) in [7, 11) is 0. The van der Waals surface area contributed by atoms with Gasteiger partial charge in [-0.2, -0.15) is 0 Å². The standard InChI is InChI=1S/C12H17Cl/c1-3-4-5-11-7-6-10(2)8-12(11)9-13/h6-8H,3-5,9H2,1-2H3. The number of hydrogen-bond acceptors (Lipinski definition) is 0. The Bertz CT molecular complexity index is 266. The summed E-state index contributed by atoms with van der Waals surface area (Å²) >= 11 is 5.88. The highest BCUT2D eigenvalue weighted by molar-refractivity contribution is 6.17. The van der Waals surface area contributed by atoms with E-state index in [2.05, 4.69) is 32.0 Å². The van der Waals surface area contributed by atoms with Gasteiger partial charge in [-0.1, -0.05) is 37.1 Å². The van der Waals surface area contributed by atoms with Crippen LogP contribution in [-0.2, 0) is 12.3 Å². The number of unbranched alkanes of at least 4 members (excludes halogenated alkanes) is 1. The van der Waals surface area contributed by atoms with Gasteiger partial charge < -0.3 is 0 Å². The van der Waals surface area contributed by atoms with Gasteiger partial charge in [0, 0.05) is 5.88 Å². The Labute approximate surface area is 85.9 Å². The Morgan fingerprint density at radius 1 is 1.23 bits per heavy atom. The topological polar surface area (TPSA) is 0 Å². The number of aryl methyl sites for hydroxylation is 2. The minimum atomic E-state index is 0.640. The van der Waals surface area contributed by atoms with Crippen LogP contribution >= 0.6 is 11.6 Å². The molecule has 72 valence electrons. The number of benzene rings is 1. The van der Waals surface area contributed by atoms with Crippen LogP contribution in [0.4, 0.5) is 0 Å². The summed E-state index contributed by atoms with van der Waals surface area (Å²) in [6.07, 6.45) is 3.67. The zero-order valence-electron chi connectivity index (χ0n) is 8.44. The van der Waals surface area contributed by atoms with Gasteiger partial charge in [0.05, 0.1) is 0 Å². The maximum Gasteiger partial charge on any atom is 0.0476 e. The molecule has 0 aliphatic rings. The van der Waals surface area contributed by atoms with E-state index in [0.29, 0.717) is 5.88 Å². The molecule has 0 amide bonds. The average molecular weight is 197 g/mol. The van der Waals surface area contributed by atoms with Crippen LogP contribution < -0.4 is 0 Å². The Morgan fingerprint density at radius 2 is 2.00 bits per heavy atom. The molecule has 1 aromatic carbocycles. The highest BCUT2D eigenvalue weighted by Crippen LogP contribution is 2.16. The van der Waals surface area contributed by atoms with Crippen molar-refractivity contribution in [3.05, 3.63) is 34.9 Å². The summed E-state index contributed by atoms with van der Waals surface area (Å²) < 4.78 is 0. The summed E-state index contributed by atoms with van der Waals surface area (Å²) in [5, 5.41) is 0. The van der Waals surface area contributed by atoms with Crippen LogP contribution in [0.5, 0.6) is 0 Å². The van der Waals surface area contributed by atoms with Gasteiger partial charge in [0.25, 0.3) is 0 Å². The predicted molar refractivity (Wildman–Crippen MR) is 59.3 cm³/mol. The molecule has 0 nitrogen and oxygen atoms in total. The van der Waals surface area contributed by atoms with Crippen LogP contribution in [0, 0.1) is 6.92 Å². The molecule has 0 atom stereocenters. The molecule has 0 heterocycles. The van der Waals surface area contributed by atoms with E-state index in [1.807, 2.05) is 0 Å². The highest BCUT2D eigenvalue weighted by Gasteiger charge is 2.00. The molecule has 0 fully saturated rings. The van der Waals surface area contributed by atoms with E-state index in [0.717, 1.165) is 0 Å². The average Bonchev–Trinajstić information content (AvgIpc) is 2.16. The second-order valence-corrected chi connectivity index (χ2v) is 3.78. The van der Waals surface area contributed by atoms with Gasteiger partial charge in [-0.15, -0.1) is 11.6 Å². The van der Waals surface area contributed by atoms with Crippen molar-refractivity contribution in [2.45, 2.75) is 39.0 Å². The molecule has 1 aromatic rings. The van der Waals surface area contributed by atoms with E-state index in [1.54, 1.807) is 0 Å². The van der Waals surface area contributed by atoms with E-state index >= 15 is 0 Å². The Balaban J connectivity index is 2.79. The molecule has 0 aliphatic heterocycles. The van der Waals surface area contributed by atoms with E-state index in [1.165, 1.54) is 36.0 Å². The predicted octanol–water partition coefficient (Wildman–Crippen LogP) is 4.08. The summed E-state index contributed by atoms with van der Waals surface area (Å²) in [4.78, 5) is 0. The van der Waals surface area contributed by atoms with Crippen molar-refractivity contribution in [1.29, 1.82) is 0 Å². The smallest absolute Gasteiger partial charge is 0.0476 e. The fourth-order valence-corrected chi connectivity index (χ4v) is 1.74. The maximum atomic E-state index is 5.88. The van der Waals surface area contributed by atoms with Crippen molar-refractivity contribution in [2.24, 2.45) is 0 Å². The number of alkyl halides is 1. The van der Waals surface area contributed by atoms with E-state index < -0.39 is 0 Å². The summed E-state index contributed by atoms with van der Waals surface area (Å²) in [5.74, 6) is 0.640. The fraction of sp³-hybridized carbons (Fsp3) is 0.500. The van der Waals surface area contributed by atoms with Crippen molar-refractivity contribution >= 4 is 11.6 Å². The van der Waals surface area contributed by atoms with Crippen LogP contribution in [0.2, 0.25) is 0 Å². The van der Waals surface area contributed by atoms with E-state index in [9.17, 15) is 0 Å². The molecular weight excluding hydrogens is 180 g/mol. The summed E-state index contributed by atoms with van der Waals surface area (Å²) in [6, 6.07) is 6.57. The van der Waals surface area contributed by atoms with Crippen LogP contribution in [-0.4, -0.2) is 0 Å². The molecule has 0 radical (unpaired) electrons. The lowest BCUT2D eigenvalue weighted by Crippen LogP contribution is -1.92. The van der Waals surface area contributed by atoms with E-state index in [4.69, 9.17) is 11.6 Å². The molecular formula is C12H17Cl. The third-order valence-corrected chi connectivity index (χ3v) is 2.59. The third-order valence-electron chi connectivity index (χ3n) is 2.31. The second kappa shape index (κ2) is 5.29. The van der Waals surface area contributed by atoms with Crippen LogP contribution in [0.1, 0.15) is 36.5 Å². The van der Waals surface area contributed by atoms with Gasteiger partial charge in [-0.25, -0.2) is 0 Å². The van der Waals surface area contributed by atoms with Crippen LogP contribution in [0.3, 0.4) is 0 Å². The third kappa shape index (κ3) is 3.04. The van der Waals surface area contributed by atoms with E-state index in [-0.39, 0.29) is 0 Å². The van der Waals surface area contributed by atoms with Gasteiger partial charge in [0.2, 0.25) is 0 Å². The Morgan fingerprint density at radius 3 is 2.62 bits per heavy atom. The van der Waals surface area contributed by atoms with Crippen molar-refractivity contribution < 1.29 is 0 Å². The molecule has 0 aromatic heterocycles. The zero-order chi connectivity index (χ0) is 9.68. The fourth-order valence-electron chi connectivity index (χ4n) is 1.49. The zero-order valence-corrected chi connectivity index (χ0v) is 9.19. The molecule has 0 saturated carbocycles. The minimum Gasteiger partial charge on any atom is -0.122 e. The highest BCUT2D eigenvalue weighted by atomic mass is 35.5. The minimum absolute atomic E-state index is 0.640. The summed E-state index contributed by atoms with van der Waals surface area (Å²) in [5.41, 5.74) is 4.02. The molecule has 1 heteroatoms. The van der Waals surface area contributed by atoms with Crippen molar-refractivity contribution in [3.8, 4) is 0 Å². The lowest BCUT2D eigenvalue weighted by molar-refractivity contribution is 0.790. The second-order valence-electron chi connectivity index (χ2n) is 3.51. The SMILES string of the molecule is CCCCc1ccc(C)cc1CCl. The number of halogens is 1. The van der Waals surface area contributed by atoms with Crippen molar-refractivity contribution in [3.63, 3.8) is 0 Å². The summed E-state index contributed by atoms with van der Waals surface area (Å²) in [6.45, 7) is 4.33. The quantitative estimate of drug-likeness (QED) is 0.637. The molecule has 0 unspecified atom stereocenters. The van der Waals surface area contributed by atoms with Gasteiger partial charge in [0.1, 0.15) is 0 Å². The molecule has 0 saturated heterocycles. The van der Waals surface area contributed by atoms with Gasteiger partial charge >= 0.3 is 0 Å². The van der Waals surface area contributed by atoms with Gasteiger partial charge in [-0.3, -0.25) is 0 Å². The molecule has 0 N–H and O–H groups in total. The first kappa shape index (κ1) is 10.6. The Hall–Kier alpha value is -0.490. The van der Waals surface area contributed by atoms with Crippen LogP contribution in [0.25, 0.3) is 0 Å². The molecule has 1 rings (SSSR count). The lowest BCUT2D eigenvalue weighted by Gasteiger charge is -2.07. The molecule has 13 heavy (non-hydrogen) atoms. The largest absolute Gasteiger partial charge is 0.122 e. The lowest BCUT2D eigenvalue weighted by atomic mass is 10.0. The maximum absolute atomic E-state index is 5.88. The monoisotopic (exact) mass is 196 g/mol. The first-order valence-electron chi connectivity index (χ1n) is 4.92. The molecule has 0 spiro atoms. The van der Waals surface area contributed by atoms with Crippen molar-refractivity contribution in [1.82, 2.24) is 0 Å². The number of rotatable bonds is 4. The first-order chi connectivity index (χ1) is 6.27. The number of hydrogen-bond donors (Lipinski definition) is 0. The normalized spacial score (nSPS) is 10.4. The Kier molecular flexibility index (Phi) is 4.31. The molecule has 0 aliphatic carbocycles. The van der Waals surface area contributed by atoms with Crippen LogP contribution in [0.15, 0.2) is 18.2 Å². The van der Waals surface area contributed by atoms with Gasteiger partial charge in [-0.05, 0) is 30.9 Å². The van der Waals surface area contributed by atoms with Crippen molar-refractivity contribution in [2.75, 3.05) is 0 Å². The van der Waals surface area contributed by atoms with Gasteiger partial charge in [0.15, 0.2) is 0 Å². The first-order valence-corrected chi connectivity index (χ1v) is 5.45.